The van der Waals surface area contributed by atoms with Crippen LogP contribution in [0.15, 0.2) is 36.8 Å². The van der Waals surface area contributed by atoms with Crippen LogP contribution in [0, 0.1) is 0 Å². The molecule has 0 amide bonds. The van der Waals surface area contributed by atoms with Crippen molar-refractivity contribution >= 4 is 0 Å². The van der Waals surface area contributed by atoms with Gasteiger partial charge in [-0.2, -0.15) is 0 Å². The number of hydrogen-bond donors (Lipinski definition) is 1. The van der Waals surface area contributed by atoms with Gasteiger partial charge in [0.2, 0.25) is 0 Å². The zero-order chi connectivity index (χ0) is 14.6. The third-order valence-electron chi connectivity index (χ3n) is 3.48. The van der Waals surface area contributed by atoms with Gasteiger partial charge in [-0.1, -0.05) is 18.2 Å². The van der Waals surface area contributed by atoms with Crippen LogP contribution in [0.4, 0.5) is 0 Å². The van der Waals surface area contributed by atoms with E-state index in [9.17, 15) is 0 Å². The first-order valence-corrected chi connectivity index (χ1v) is 7.29. The summed E-state index contributed by atoms with van der Waals surface area (Å²) in [6, 6.07) is 8.80. The van der Waals surface area contributed by atoms with E-state index in [1.165, 1.54) is 23.2 Å². The van der Waals surface area contributed by atoms with Gasteiger partial charge in [-0.25, -0.2) is 4.98 Å². The number of nitrogens with zero attached hydrogens (tertiary/aromatic N) is 2. The molecule has 0 saturated carbocycles. The molecule has 20 heavy (non-hydrogen) atoms. The van der Waals surface area contributed by atoms with E-state index in [-0.39, 0.29) is 5.54 Å². The highest BCUT2D eigenvalue weighted by Crippen LogP contribution is 2.26. The number of hydrogen-bond acceptors (Lipinski definition) is 2. The number of benzene rings is 1. The fourth-order valence-electron chi connectivity index (χ4n) is 2.40. The summed E-state index contributed by atoms with van der Waals surface area (Å²) in [6.45, 7) is 7.67. The Balaban J connectivity index is 2.25. The van der Waals surface area contributed by atoms with Crippen molar-refractivity contribution < 1.29 is 0 Å². The molecule has 1 N–H and O–H groups in total. The summed E-state index contributed by atoms with van der Waals surface area (Å²) in [4.78, 5) is 4.32. The van der Waals surface area contributed by atoms with E-state index in [4.69, 9.17) is 0 Å². The van der Waals surface area contributed by atoms with Crippen LogP contribution >= 0.6 is 0 Å². The molecule has 0 bridgehead atoms. The molecular formula is C17H25N3. The highest BCUT2D eigenvalue weighted by Gasteiger charge is 2.17. The van der Waals surface area contributed by atoms with Crippen molar-refractivity contribution in [2.75, 3.05) is 13.6 Å². The Labute approximate surface area is 122 Å². The normalized spacial score (nSPS) is 11.8. The van der Waals surface area contributed by atoms with Crippen molar-refractivity contribution in [3.63, 3.8) is 0 Å². The van der Waals surface area contributed by atoms with E-state index in [1.807, 2.05) is 19.6 Å². The molecule has 0 saturated heterocycles. The van der Waals surface area contributed by atoms with Crippen molar-refractivity contribution in [3.05, 3.63) is 42.4 Å². The molecule has 1 aromatic heterocycles. The lowest BCUT2D eigenvalue weighted by atomic mass is 10.0. The molecule has 3 nitrogen and oxygen atoms in total. The van der Waals surface area contributed by atoms with E-state index in [2.05, 4.69) is 59.9 Å². The maximum Gasteiger partial charge on any atom is 0.0955 e. The molecule has 0 atom stereocenters. The number of aromatic nitrogens is 2. The third-order valence-corrected chi connectivity index (χ3v) is 3.48. The predicted octanol–water partition coefficient (Wildman–Crippen LogP) is 3.46. The van der Waals surface area contributed by atoms with Gasteiger partial charge in [-0.3, -0.25) is 0 Å². The highest BCUT2D eigenvalue weighted by molar-refractivity contribution is 5.60. The van der Waals surface area contributed by atoms with Gasteiger partial charge in [0.1, 0.15) is 0 Å². The van der Waals surface area contributed by atoms with Crippen LogP contribution in [0.3, 0.4) is 0 Å². The molecule has 0 aliphatic heterocycles. The number of rotatable bonds is 5. The van der Waals surface area contributed by atoms with Crippen molar-refractivity contribution in [2.24, 2.45) is 0 Å². The van der Waals surface area contributed by atoms with Gasteiger partial charge < -0.3 is 9.88 Å². The zero-order valence-corrected chi connectivity index (χ0v) is 13.0. The van der Waals surface area contributed by atoms with Crippen LogP contribution in [0.2, 0.25) is 0 Å². The van der Waals surface area contributed by atoms with Crippen molar-refractivity contribution in [1.29, 1.82) is 0 Å². The van der Waals surface area contributed by atoms with E-state index in [1.54, 1.807) is 0 Å². The quantitative estimate of drug-likeness (QED) is 0.844. The molecule has 0 radical (unpaired) electrons. The lowest BCUT2D eigenvalue weighted by molar-refractivity contribution is 0.400. The first kappa shape index (κ1) is 14.8. The lowest BCUT2D eigenvalue weighted by Crippen LogP contribution is -2.21. The topological polar surface area (TPSA) is 29.9 Å². The maximum atomic E-state index is 4.32. The van der Waals surface area contributed by atoms with Gasteiger partial charge in [-0.05, 0) is 58.8 Å². The minimum Gasteiger partial charge on any atom is -0.325 e. The van der Waals surface area contributed by atoms with Gasteiger partial charge in [-0.15, -0.1) is 0 Å². The first-order chi connectivity index (χ1) is 9.52. The Bertz CT molecular complexity index is 549. The molecule has 1 heterocycles. The van der Waals surface area contributed by atoms with Crippen LogP contribution < -0.4 is 5.32 Å². The fraction of sp³-hybridized carbons (Fsp3) is 0.471. The highest BCUT2D eigenvalue weighted by atomic mass is 15.1. The molecule has 2 aromatic rings. The second kappa shape index (κ2) is 6.23. The fourth-order valence-corrected chi connectivity index (χ4v) is 2.40. The Hall–Kier alpha value is -1.61. The van der Waals surface area contributed by atoms with E-state index < -0.39 is 0 Å². The zero-order valence-electron chi connectivity index (χ0n) is 13.0. The van der Waals surface area contributed by atoms with Gasteiger partial charge in [0.15, 0.2) is 0 Å². The average Bonchev–Trinajstić information content (AvgIpc) is 2.88. The molecule has 0 spiro atoms. The van der Waals surface area contributed by atoms with Crippen LogP contribution in [-0.4, -0.2) is 23.1 Å². The standard InChI is InChI=1S/C17H25N3/c1-17(2,3)20-13-19-12-16(20)15-9-5-7-14(11-15)8-6-10-18-4/h5,7,9,11-13,18H,6,8,10H2,1-4H3. The van der Waals surface area contributed by atoms with Crippen LogP contribution in [0.1, 0.15) is 32.8 Å². The smallest absolute Gasteiger partial charge is 0.0955 e. The van der Waals surface area contributed by atoms with Gasteiger partial charge >= 0.3 is 0 Å². The van der Waals surface area contributed by atoms with E-state index in [0.717, 1.165) is 13.0 Å². The van der Waals surface area contributed by atoms with Crippen LogP contribution in [0.25, 0.3) is 11.3 Å². The maximum absolute atomic E-state index is 4.32. The summed E-state index contributed by atoms with van der Waals surface area (Å²) >= 11 is 0. The lowest BCUT2D eigenvalue weighted by Gasteiger charge is -2.23. The summed E-state index contributed by atoms with van der Waals surface area (Å²) in [5.41, 5.74) is 3.88. The summed E-state index contributed by atoms with van der Waals surface area (Å²) in [7, 11) is 2.00. The Morgan fingerprint density at radius 1 is 1.25 bits per heavy atom. The van der Waals surface area contributed by atoms with Gasteiger partial charge in [0.25, 0.3) is 0 Å². The molecule has 1 aromatic carbocycles. The van der Waals surface area contributed by atoms with Gasteiger partial charge in [0.05, 0.1) is 18.2 Å². The largest absolute Gasteiger partial charge is 0.325 e. The van der Waals surface area contributed by atoms with Gasteiger partial charge in [0, 0.05) is 11.1 Å². The number of nitrogens with one attached hydrogen (secondary N) is 1. The molecule has 0 aliphatic carbocycles. The van der Waals surface area contributed by atoms with E-state index in [0.29, 0.717) is 0 Å². The van der Waals surface area contributed by atoms with Crippen LogP contribution in [0.5, 0.6) is 0 Å². The van der Waals surface area contributed by atoms with Crippen molar-refractivity contribution in [1.82, 2.24) is 14.9 Å². The monoisotopic (exact) mass is 271 g/mol. The van der Waals surface area contributed by atoms with Crippen LogP contribution in [-0.2, 0) is 12.0 Å². The molecular weight excluding hydrogens is 246 g/mol. The summed E-state index contributed by atoms with van der Waals surface area (Å²) in [5.74, 6) is 0. The Morgan fingerprint density at radius 3 is 2.75 bits per heavy atom. The minimum absolute atomic E-state index is 0.0496. The van der Waals surface area contributed by atoms with Crippen molar-refractivity contribution in [3.8, 4) is 11.3 Å². The van der Waals surface area contributed by atoms with E-state index >= 15 is 0 Å². The average molecular weight is 271 g/mol. The Morgan fingerprint density at radius 2 is 2.05 bits per heavy atom. The molecule has 3 heteroatoms. The SMILES string of the molecule is CNCCCc1cccc(-c2cncn2C(C)(C)C)c1. The molecule has 2 rings (SSSR count). The summed E-state index contributed by atoms with van der Waals surface area (Å²) < 4.78 is 2.24. The number of imidazole rings is 1. The minimum atomic E-state index is 0.0496. The molecule has 0 unspecified atom stereocenters. The summed E-state index contributed by atoms with van der Waals surface area (Å²) in [5, 5.41) is 3.20. The second-order valence-corrected chi connectivity index (χ2v) is 6.23. The molecule has 0 fully saturated rings. The predicted molar refractivity (Wildman–Crippen MR) is 84.9 cm³/mol. The molecule has 108 valence electrons. The second-order valence-electron chi connectivity index (χ2n) is 6.23. The van der Waals surface area contributed by atoms with Crippen molar-refractivity contribution in [2.45, 2.75) is 39.2 Å². The Kier molecular flexibility index (Phi) is 4.61. The molecule has 0 aliphatic rings. The number of aryl methyl sites for hydroxylation is 1. The summed E-state index contributed by atoms with van der Waals surface area (Å²) in [6.07, 6.45) is 6.15. The first-order valence-electron chi connectivity index (χ1n) is 7.29. The third kappa shape index (κ3) is 3.48.